The van der Waals surface area contributed by atoms with E-state index in [1.165, 1.54) is 51.9 Å². The van der Waals surface area contributed by atoms with Crippen molar-refractivity contribution in [2.75, 3.05) is 10.2 Å². The van der Waals surface area contributed by atoms with Gasteiger partial charge in [0, 0.05) is 11.3 Å². The van der Waals surface area contributed by atoms with Crippen LogP contribution in [-0.2, 0) is 4.79 Å². The predicted octanol–water partition coefficient (Wildman–Crippen LogP) is 6.81. The molecular formula is C29H25F3N6O3S. The standard InChI is InChI=1S/C29H25F3N6O3S/c1-16-13-17(2)24(18(3)14-16)38-26(39)19(4)42-28(38)35-27(40)34-21-7-5-20(6-8-21)25-33-15-37(36-25)22-9-11-23(12-10-22)41-29(30,31)32/h5-15,19H,1-4H3,(H,34,40). The summed E-state index contributed by atoms with van der Waals surface area (Å²) in [5.41, 5.74) is 5.27. The second-order valence-corrected chi connectivity index (χ2v) is 10.9. The number of anilines is 2. The van der Waals surface area contributed by atoms with Gasteiger partial charge in [-0.2, -0.15) is 4.99 Å². The van der Waals surface area contributed by atoms with Gasteiger partial charge in [-0.15, -0.1) is 18.3 Å². The number of ether oxygens (including phenoxy) is 1. The van der Waals surface area contributed by atoms with E-state index in [2.05, 4.69) is 25.1 Å². The van der Waals surface area contributed by atoms with Crippen molar-refractivity contribution in [1.29, 1.82) is 0 Å². The lowest BCUT2D eigenvalue weighted by Gasteiger charge is -2.21. The topological polar surface area (TPSA) is 102 Å². The van der Waals surface area contributed by atoms with Gasteiger partial charge < -0.3 is 10.1 Å². The Kier molecular flexibility index (Phi) is 7.78. The van der Waals surface area contributed by atoms with E-state index in [4.69, 9.17) is 0 Å². The number of alkyl halides is 3. The fourth-order valence-electron chi connectivity index (χ4n) is 4.61. The molecule has 216 valence electrons. The number of urea groups is 1. The Morgan fingerprint density at radius 1 is 1.02 bits per heavy atom. The van der Waals surface area contributed by atoms with Crippen LogP contribution in [0.5, 0.6) is 5.75 Å². The van der Waals surface area contributed by atoms with Crippen molar-refractivity contribution in [3.8, 4) is 22.8 Å². The number of amidine groups is 1. The Balaban J connectivity index is 1.28. The first kappa shape index (κ1) is 28.9. The molecule has 0 aliphatic carbocycles. The second-order valence-electron chi connectivity index (χ2n) is 9.64. The molecule has 0 saturated carbocycles. The average molecular weight is 595 g/mol. The van der Waals surface area contributed by atoms with Crippen LogP contribution >= 0.6 is 11.8 Å². The molecule has 1 aliphatic heterocycles. The lowest BCUT2D eigenvalue weighted by molar-refractivity contribution is -0.274. The quantitative estimate of drug-likeness (QED) is 0.272. The summed E-state index contributed by atoms with van der Waals surface area (Å²) in [7, 11) is 0. The minimum absolute atomic E-state index is 0.136. The first-order chi connectivity index (χ1) is 19.9. The summed E-state index contributed by atoms with van der Waals surface area (Å²) in [6.07, 6.45) is -3.33. The number of carbonyl (C=O) groups excluding carboxylic acids is 2. The first-order valence-corrected chi connectivity index (χ1v) is 13.6. The maximum Gasteiger partial charge on any atom is 0.573 e. The number of amides is 3. The molecule has 4 aromatic rings. The zero-order valence-corrected chi connectivity index (χ0v) is 23.7. The van der Waals surface area contributed by atoms with Gasteiger partial charge in [-0.25, -0.2) is 14.5 Å². The van der Waals surface area contributed by atoms with Crippen molar-refractivity contribution in [3.05, 3.63) is 83.7 Å². The molecular weight excluding hydrogens is 569 g/mol. The molecule has 0 radical (unpaired) electrons. The maximum absolute atomic E-state index is 13.0. The number of carbonyl (C=O) groups is 2. The largest absolute Gasteiger partial charge is 0.573 e. The molecule has 42 heavy (non-hydrogen) atoms. The molecule has 2 heterocycles. The molecule has 9 nitrogen and oxygen atoms in total. The molecule has 3 amide bonds. The highest BCUT2D eigenvalue weighted by molar-refractivity contribution is 8.16. The van der Waals surface area contributed by atoms with Crippen LogP contribution < -0.4 is 15.0 Å². The molecule has 1 aromatic heterocycles. The van der Waals surface area contributed by atoms with Gasteiger partial charge >= 0.3 is 12.4 Å². The van der Waals surface area contributed by atoms with Crippen molar-refractivity contribution in [2.45, 2.75) is 39.3 Å². The molecule has 0 bridgehead atoms. The lowest BCUT2D eigenvalue weighted by atomic mass is 10.0. The van der Waals surface area contributed by atoms with Gasteiger partial charge in [0.2, 0.25) is 5.91 Å². The number of aromatic nitrogens is 3. The summed E-state index contributed by atoms with van der Waals surface area (Å²) in [6, 6.07) is 15.3. The first-order valence-electron chi connectivity index (χ1n) is 12.7. The fraction of sp³-hybridized carbons (Fsp3) is 0.207. The Morgan fingerprint density at radius 3 is 2.29 bits per heavy atom. The van der Waals surface area contributed by atoms with E-state index in [9.17, 15) is 22.8 Å². The summed E-state index contributed by atoms with van der Waals surface area (Å²) >= 11 is 1.23. The minimum Gasteiger partial charge on any atom is -0.406 e. The Hall–Kier alpha value is -4.65. The third-order valence-electron chi connectivity index (χ3n) is 6.32. The summed E-state index contributed by atoms with van der Waals surface area (Å²) in [5, 5.41) is 7.03. The third-order valence-corrected chi connectivity index (χ3v) is 7.36. The van der Waals surface area contributed by atoms with Gasteiger partial charge in [0.05, 0.1) is 16.6 Å². The SMILES string of the molecule is Cc1cc(C)c(N2C(=O)C(C)SC2=NC(=O)Nc2ccc(-c3ncn(-c4ccc(OC(F)(F)F)cc4)n3)cc2)c(C)c1. The highest BCUT2D eigenvalue weighted by Crippen LogP contribution is 2.36. The number of thioether (sulfide) groups is 1. The fourth-order valence-corrected chi connectivity index (χ4v) is 5.55. The van der Waals surface area contributed by atoms with Crippen molar-refractivity contribution >= 4 is 40.2 Å². The highest BCUT2D eigenvalue weighted by atomic mass is 32.2. The molecule has 1 N–H and O–H groups in total. The van der Waals surface area contributed by atoms with Crippen LogP contribution in [0.25, 0.3) is 17.1 Å². The zero-order chi connectivity index (χ0) is 30.2. The van der Waals surface area contributed by atoms with Crippen LogP contribution in [0.4, 0.5) is 29.3 Å². The van der Waals surface area contributed by atoms with Crippen LogP contribution in [0.2, 0.25) is 0 Å². The third kappa shape index (κ3) is 6.30. The van der Waals surface area contributed by atoms with Crippen molar-refractivity contribution in [1.82, 2.24) is 14.8 Å². The second kappa shape index (κ2) is 11.3. The van der Waals surface area contributed by atoms with Crippen LogP contribution in [0.1, 0.15) is 23.6 Å². The van der Waals surface area contributed by atoms with Crippen LogP contribution in [0, 0.1) is 20.8 Å². The molecule has 5 rings (SSSR count). The maximum atomic E-state index is 13.0. The zero-order valence-electron chi connectivity index (χ0n) is 22.9. The molecule has 3 aromatic carbocycles. The molecule has 1 saturated heterocycles. The van der Waals surface area contributed by atoms with E-state index in [-0.39, 0.29) is 16.9 Å². The molecule has 1 unspecified atom stereocenters. The van der Waals surface area contributed by atoms with Gasteiger partial charge in [0.1, 0.15) is 12.1 Å². The lowest BCUT2D eigenvalue weighted by Crippen LogP contribution is -2.33. The van der Waals surface area contributed by atoms with Crippen LogP contribution in [-0.4, -0.2) is 43.5 Å². The van der Waals surface area contributed by atoms with Crippen molar-refractivity contribution in [2.24, 2.45) is 4.99 Å². The molecule has 1 atom stereocenters. The van der Waals surface area contributed by atoms with Gasteiger partial charge in [0.15, 0.2) is 11.0 Å². The Bertz CT molecular complexity index is 1660. The molecule has 1 aliphatic rings. The number of aliphatic imine (C=N–C) groups is 1. The van der Waals surface area contributed by atoms with Gasteiger partial charge in [-0.3, -0.25) is 9.69 Å². The van der Waals surface area contributed by atoms with Crippen molar-refractivity contribution in [3.63, 3.8) is 0 Å². The summed E-state index contributed by atoms with van der Waals surface area (Å²) in [5.74, 6) is -0.100. The van der Waals surface area contributed by atoms with E-state index in [0.29, 0.717) is 27.9 Å². The van der Waals surface area contributed by atoms with E-state index >= 15 is 0 Å². The summed E-state index contributed by atoms with van der Waals surface area (Å²) < 4.78 is 42.5. The Morgan fingerprint density at radius 2 is 1.67 bits per heavy atom. The van der Waals surface area contributed by atoms with Crippen molar-refractivity contribution < 1.29 is 27.5 Å². The Labute approximate surface area is 243 Å². The normalized spacial score (nSPS) is 16.3. The van der Waals surface area contributed by atoms with E-state index in [1.807, 2.05) is 32.9 Å². The van der Waals surface area contributed by atoms with Gasteiger partial charge in [0.25, 0.3) is 0 Å². The van der Waals surface area contributed by atoms with Gasteiger partial charge in [-0.1, -0.05) is 29.5 Å². The monoisotopic (exact) mass is 594 g/mol. The predicted molar refractivity (Wildman–Crippen MR) is 155 cm³/mol. The van der Waals surface area contributed by atoms with Gasteiger partial charge in [-0.05, 0) is 87.4 Å². The number of benzene rings is 3. The average Bonchev–Trinajstić information content (AvgIpc) is 3.49. The van der Waals surface area contributed by atoms with E-state index in [1.54, 1.807) is 31.2 Å². The number of nitrogens with zero attached hydrogens (tertiary/aromatic N) is 5. The smallest absolute Gasteiger partial charge is 0.406 e. The van der Waals surface area contributed by atoms with Crippen LogP contribution in [0.15, 0.2) is 72.0 Å². The summed E-state index contributed by atoms with van der Waals surface area (Å²) in [4.78, 5) is 35.9. The minimum atomic E-state index is -4.77. The number of halogens is 3. The highest BCUT2D eigenvalue weighted by Gasteiger charge is 2.38. The number of nitrogens with one attached hydrogen (secondary N) is 1. The van der Waals surface area contributed by atoms with E-state index in [0.717, 1.165) is 22.4 Å². The molecule has 1 fully saturated rings. The summed E-state index contributed by atoms with van der Waals surface area (Å²) in [6.45, 7) is 7.62. The molecule has 0 spiro atoms. The number of hydrogen-bond donors (Lipinski definition) is 1. The number of aryl methyl sites for hydroxylation is 3. The van der Waals surface area contributed by atoms with Crippen LogP contribution in [0.3, 0.4) is 0 Å². The number of rotatable bonds is 5. The van der Waals surface area contributed by atoms with E-state index < -0.39 is 12.4 Å². The molecule has 13 heteroatoms. The number of hydrogen-bond acceptors (Lipinski definition) is 6.